The largest absolute Gasteiger partial charge is 0.465 e. The summed E-state index contributed by atoms with van der Waals surface area (Å²) in [6.07, 6.45) is 4.93. The van der Waals surface area contributed by atoms with Crippen LogP contribution in [0.25, 0.3) is 12.2 Å². The summed E-state index contributed by atoms with van der Waals surface area (Å²) in [5.41, 5.74) is 2.24. The van der Waals surface area contributed by atoms with Gasteiger partial charge in [0.1, 0.15) is 5.76 Å². The summed E-state index contributed by atoms with van der Waals surface area (Å²) >= 11 is 0. The highest BCUT2D eigenvalue weighted by molar-refractivity contribution is 5.62. The minimum atomic E-state index is 0.170. The van der Waals surface area contributed by atoms with Crippen LogP contribution >= 0.6 is 0 Å². The van der Waals surface area contributed by atoms with Gasteiger partial charge in [-0.05, 0) is 18.2 Å². The van der Waals surface area contributed by atoms with Crippen LogP contribution in [0, 0.1) is 0 Å². The van der Waals surface area contributed by atoms with Crippen LogP contribution in [0.5, 0.6) is 0 Å². The molecule has 0 aliphatic heterocycles. The maximum absolute atomic E-state index is 5.07. The van der Waals surface area contributed by atoms with Gasteiger partial charge in [0.15, 0.2) is 0 Å². The van der Waals surface area contributed by atoms with E-state index in [1.807, 2.05) is 6.07 Å². The molecule has 2 aromatic heterocycles. The van der Waals surface area contributed by atoms with E-state index in [2.05, 4.69) is 15.6 Å². The van der Waals surface area contributed by atoms with E-state index in [9.17, 15) is 0 Å². The van der Waals surface area contributed by atoms with Gasteiger partial charge in [-0.1, -0.05) is 5.10 Å². The fourth-order valence-electron chi connectivity index (χ4n) is 0.900. The molecule has 0 amide bonds. The van der Waals surface area contributed by atoms with Gasteiger partial charge in [0.2, 0.25) is 5.89 Å². The molecule has 0 bridgehead atoms. The number of nitrogens with one attached hydrogen (secondary N) is 1. The molecule has 14 heavy (non-hydrogen) atoms. The first-order chi connectivity index (χ1) is 6.88. The number of furan rings is 1. The molecule has 0 radical (unpaired) electrons. The molecule has 6 heteroatoms. The lowest BCUT2D eigenvalue weighted by molar-refractivity contribution is 0.552. The Kier molecular flexibility index (Phi) is 2.28. The maximum Gasteiger partial charge on any atom is 0.330 e. The maximum atomic E-state index is 5.07. The summed E-state index contributed by atoms with van der Waals surface area (Å²) in [4.78, 5) is 0. The third-order valence-electron chi connectivity index (χ3n) is 1.50. The van der Waals surface area contributed by atoms with Crippen LogP contribution in [-0.4, -0.2) is 10.2 Å². The second-order valence-corrected chi connectivity index (χ2v) is 2.44. The molecule has 2 rings (SSSR count). The average molecular weight is 192 g/mol. The molecule has 6 nitrogen and oxygen atoms in total. The lowest BCUT2D eigenvalue weighted by Gasteiger charge is -1.85. The number of anilines is 1. The molecule has 0 unspecified atom stereocenters. The van der Waals surface area contributed by atoms with E-state index in [0.717, 1.165) is 0 Å². The van der Waals surface area contributed by atoms with Crippen molar-refractivity contribution in [3.63, 3.8) is 0 Å². The number of nitrogens with zero attached hydrogens (tertiary/aromatic N) is 2. The van der Waals surface area contributed by atoms with Gasteiger partial charge in [-0.2, -0.15) is 0 Å². The molecule has 0 aromatic carbocycles. The van der Waals surface area contributed by atoms with Crippen LogP contribution in [-0.2, 0) is 0 Å². The van der Waals surface area contributed by atoms with Crippen LogP contribution in [0.15, 0.2) is 27.2 Å². The summed E-state index contributed by atoms with van der Waals surface area (Å²) < 4.78 is 10.1. The lowest BCUT2D eigenvalue weighted by atomic mass is 10.4. The quantitative estimate of drug-likeness (QED) is 0.559. The van der Waals surface area contributed by atoms with Crippen LogP contribution < -0.4 is 11.3 Å². The van der Waals surface area contributed by atoms with Crippen molar-refractivity contribution in [3.8, 4) is 0 Å². The summed E-state index contributed by atoms with van der Waals surface area (Å²) in [6.45, 7) is 0. The molecule has 0 aliphatic rings. The summed E-state index contributed by atoms with van der Waals surface area (Å²) in [6, 6.07) is 3.78. The number of nitrogens with two attached hydrogens (primary N) is 1. The molecular weight excluding hydrogens is 184 g/mol. The molecule has 0 atom stereocenters. The molecule has 0 saturated heterocycles. The topological polar surface area (TPSA) is 90.1 Å². The number of aromatic nitrogens is 2. The Morgan fingerprint density at radius 2 is 2.29 bits per heavy atom. The summed E-state index contributed by atoms with van der Waals surface area (Å²) in [5.74, 6) is 6.13. The highest BCUT2D eigenvalue weighted by atomic mass is 16.4. The third-order valence-corrected chi connectivity index (χ3v) is 1.50. The first kappa shape index (κ1) is 8.52. The Morgan fingerprint density at radius 1 is 1.36 bits per heavy atom. The fraction of sp³-hybridized carbons (Fsp3) is 0. The zero-order valence-electron chi connectivity index (χ0n) is 7.18. The zero-order valence-corrected chi connectivity index (χ0v) is 7.18. The van der Waals surface area contributed by atoms with Crippen LogP contribution in [0.4, 0.5) is 6.01 Å². The van der Waals surface area contributed by atoms with Crippen molar-refractivity contribution < 1.29 is 8.83 Å². The van der Waals surface area contributed by atoms with E-state index in [-0.39, 0.29) is 6.01 Å². The monoisotopic (exact) mass is 192 g/mol. The SMILES string of the molecule is NNc1nnc(/C=C/c2ccco2)o1. The van der Waals surface area contributed by atoms with Gasteiger partial charge in [-0.15, -0.1) is 5.10 Å². The van der Waals surface area contributed by atoms with Crippen molar-refractivity contribution in [2.45, 2.75) is 0 Å². The molecular formula is C8H8N4O2. The molecule has 0 aliphatic carbocycles. The Balaban J connectivity index is 2.10. The summed E-state index contributed by atoms with van der Waals surface area (Å²) in [7, 11) is 0. The van der Waals surface area contributed by atoms with E-state index in [4.69, 9.17) is 14.7 Å². The van der Waals surface area contributed by atoms with Crippen molar-refractivity contribution in [1.29, 1.82) is 0 Å². The Morgan fingerprint density at radius 3 is 2.93 bits per heavy atom. The van der Waals surface area contributed by atoms with Crippen molar-refractivity contribution in [1.82, 2.24) is 10.2 Å². The molecule has 2 heterocycles. The van der Waals surface area contributed by atoms with Gasteiger partial charge in [-0.25, -0.2) is 5.84 Å². The average Bonchev–Trinajstić information content (AvgIpc) is 2.86. The minimum Gasteiger partial charge on any atom is -0.465 e. The number of hydrogen-bond donors (Lipinski definition) is 2. The number of hydrazine groups is 1. The zero-order chi connectivity index (χ0) is 9.80. The lowest BCUT2D eigenvalue weighted by Crippen LogP contribution is -2.06. The van der Waals surface area contributed by atoms with E-state index >= 15 is 0 Å². The van der Waals surface area contributed by atoms with E-state index in [0.29, 0.717) is 11.7 Å². The Labute approximate surface area is 79.4 Å². The van der Waals surface area contributed by atoms with Gasteiger partial charge in [0.25, 0.3) is 0 Å². The van der Waals surface area contributed by atoms with Gasteiger partial charge in [-0.3, -0.25) is 5.43 Å². The van der Waals surface area contributed by atoms with Gasteiger partial charge >= 0.3 is 6.01 Å². The highest BCUT2D eigenvalue weighted by Gasteiger charge is 1.99. The van der Waals surface area contributed by atoms with Gasteiger partial charge in [0, 0.05) is 6.08 Å². The fourth-order valence-corrected chi connectivity index (χ4v) is 0.900. The smallest absolute Gasteiger partial charge is 0.330 e. The third kappa shape index (κ3) is 1.80. The molecule has 3 N–H and O–H groups in total. The molecule has 72 valence electrons. The number of rotatable bonds is 3. The number of nitrogen functional groups attached to an aromatic ring is 1. The first-order valence-electron chi connectivity index (χ1n) is 3.90. The van der Waals surface area contributed by atoms with E-state index in [1.165, 1.54) is 0 Å². The van der Waals surface area contributed by atoms with E-state index in [1.54, 1.807) is 24.5 Å². The van der Waals surface area contributed by atoms with E-state index < -0.39 is 0 Å². The Bertz CT molecular complexity index is 418. The van der Waals surface area contributed by atoms with Crippen molar-refractivity contribution in [2.24, 2.45) is 5.84 Å². The van der Waals surface area contributed by atoms with Crippen LogP contribution in [0.1, 0.15) is 11.7 Å². The van der Waals surface area contributed by atoms with Gasteiger partial charge in [0.05, 0.1) is 6.26 Å². The second kappa shape index (κ2) is 3.75. The van der Waals surface area contributed by atoms with Gasteiger partial charge < -0.3 is 8.83 Å². The standard InChI is InChI=1S/C8H8N4O2/c9-10-8-12-11-7(14-8)4-3-6-2-1-5-13-6/h1-5H,9H2,(H,10,12)/b4-3+. The highest BCUT2D eigenvalue weighted by Crippen LogP contribution is 2.09. The molecule has 0 fully saturated rings. The molecule has 2 aromatic rings. The Hall–Kier alpha value is -2.08. The van der Waals surface area contributed by atoms with Crippen LogP contribution in [0.2, 0.25) is 0 Å². The molecule has 0 saturated carbocycles. The predicted octanol–water partition coefficient (Wildman–Crippen LogP) is 1.12. The predicted molar refractivity (Wildman–Crippen MR) is 49.7 cm³/mol. The molecule has 0 spiro atoms. The summed E-state index contributed by atoms with van der Waals surface area (Å²) in [5, 5.41) is 7.30. The number of hydrogen-bond acceptors (Lipinski definition) is 6. The minimum absolute atomic E-state index is 0.170. The van der Waals surface area contributed by atoms with Crippen molar-refractivity contribution in [3.05, 3.63) is 30.0 Å². The van der Waals surface area contributed by atoms with Crippen molar-refractivity contribution >= 4 is 18.2 Å². The second-order valence-electron chi connectivity index (χ2n) is 2.44. The normalized spacial score (nSPS) is 10.9. The van der Waals surface area contributed by atoms with Crippen LogP contribution in [0.3, 0.4) is 0 Å². The first-order valence-corrected chi connectivity index (χ1v) is 3.90. The van der Waals surface area contributed by atoms with Crippen molar-refractivity contribution in [2.75, 3.05) is 5.43 Å².